The average Bonchev–Trinajstić information content (AvgIpc) is 2.64. The van der Waals surface area contributed by atoms with Crippen molar-refractivity contribution in [3.05, 3.63) is 35.9 Å². The van der Waals surface area contributed by atoms with E-state index in [1.54, 1.807) is 6.92 Å². The second-order valence-electron chi connectivity index (χ2n) is 6.69. The highest BCUT2D eigenvalue weighted by molar-refractivity contribution is 5.73. The minimum atomic E-state index is -0.00907. The summed E-state index contributed by atoms with van der Waals surface area (Å²) in [5, 5.41) is 3.18. The SMILES string of the molecule is CC(=O)NC1(C)CC2CC[C@H](C1)N2Cc1ccccc1. The number of carbonyl (C=O) groups excluding carboxylic acids is 1. The van der Waals surface area contributed by atoms with Gasteiger partial charge in [-0.05, 0) is 38.2 Å². The maximum atomic E-state index is 11.4. The van der Waals surface area contributed by atoms with Gasteiger partial charge in [0.05, 0.1) is 0 Å². The van der Waals surface area contributed by atoms with Crippen molar-refractivity contribution < 1.29 is 4.79 Å². The predicted molar refractivity (Wildman–Crippen MR) is 80.3 cm³/mol. The number of amides is 1. The van der Waals surface area contributed by atoms with Crippen LogP contribution in [0.5, 0.6) is 0 Å². The zero-order chi connectivity index (χ0) is 14.2. The Morgan fingerprint density at radius 3 is 2.40 bits per heavy atom. The van der Waals surface area contributed by atoms with E-state index in [1.807, 2.05) is 0 Å². The molecule has 0 radical (unpaired) electrons. The Kier molecular flexibility index (Phi) is 3.55. The Morgan fingerprint density at radius 1 is 1.25 bits per heavy atom. The van der Waals surface area contributed by atoms with Crippen molar-refractivity contribution >= 4 is 5.91 Å². The smallest absolute Gasteiger partial charge is 0.217 e. The summed E-state index contributed by atoms with van der Waals surface area (Å²) in [5.41, 5.74) is 1.39. The summed E-state index contributed by atoms with van der Waals surface area (Å²) in [6.07, 6.45) is 4.70. The quantitative estimate of drug-likeness (QED) is 0.917. The summed E-state index contributed by atoms with van der Waals surface area (Å²) in [4.78, 5) is 14.1. The first-order valence-corrected chi connectivity index (χ1v) is 7.64. The number of benzene rings is 1. The Bertz CT molecular complexity index is 471. The number of fused-ring (bicyclic) bond motifs is 2. The van der Waals surface area contributed by atoms with E-state index in [1.165, 1.54) is 18.4 Å². The van der Waals surface area contributed by atoms with Crippen LogP contribution in [0.2, 0.25) is 0 Å². The second-order valence-corrected chi connectivity index (χ2v) is 6.69. The lowest BCUT2D eigenvalue weighted by Gasteiger charge is -2.45. The minimum Gasteiger partial charge on any atom is -0.351 e. The van der Waals surface area contributed by atoms with E-state index >= 15 is 0 Å². The molecule has 3 heteroatoms. The van der Waals surface area contributed by atoms with Crippen LogP contribution in [-0.4, -0.2) is 28.4 Å². The molecule has 3 atom stereocenters. The average molecular weight is 272 g/mol. The van der Waals surface area contributed by atoms with E-state index in [0.717, 1.165) is 19.4 Å². The third-order valence-corrected chi connectivity index (χ3v) is 4.83. The molecule has 2 aliphatic rings. The fraction of sp³-hybridized carbons (Fsp3) is 0.588. The normalized spacial score (nSPS) is 33.1. The van der Waals surface area contributed by atoms with E-state index in [-0.39, 0.29) is 11.4 Å². The maximum absolute atomic E-state index is 11.4. The van der Waals surface area contributed by atoms with Gasteiger partial charge in [-0.2, -0.15) is 0 Å². The van der Waals surface area contributed by atoms with E-state index < -0.39 is 0 Å². The monoisotopic (exact) mass is 272 g/mol. The van der Waals surface area contributed by atoms with Gasteiger partial charge in [0, 0.05) is 31.1 Å². The van der Waals surface area contributed by atoms with Crippen LogP contribution in [0.25, 0.3) is 0 Å². The molecule has 20 heavy (non-hydrogen) atoms. The molecule has 1 aromatic rings. The van der Waals surface area contributed by atoms with Crippen LogP contribution >= 0.6 is 0 Å². The first-order chi connectivity index (χ1) is 9.56. The molecule has 0 aliphatic carbocycles. The van der Waals surface area contributed by atoms with Crippen molar-refractivity contribution in [2.75, 3.05) is 0 Å². The number of nitrogens with zero attached hydrogens (tertiary/aromatic N) is 1. The molecule has 2 saturated heterocycles. The molecule has 1 amide bonds. The predicted octanol–water partition coefficient (Wildman–Crippen LogP) is 2.71. The summed E-state index contributed by atoms with van der Waals surface area (Å²) in [7, 11) is 0. The van der Waals surface area contributed by atoms with Gasteiger partial charge in [-0.3, -0.25) is 9.69 Å². The van der Waals surface area contributed by atoms with Gasteiger partial charge in [0.25, 0.3) is 0 Å². The number of piperidine rings is 1. The van der Waals surface area contributed by atoms with Crippen LogP contribution in [-0.2, 0) is 11.3 Å². The molecular formula is C17H24N2O. The molecule has 2 unspecified atom stereocenters. The van der Waals surface area contributed by atoms with E-state index in [9.17, 15) is 4.79 Å². The zero-order valence-electron chi connectivity index (χ0n) is 12.4. The van der Waals surface area contributed by atoms with Crippen LogP contribution in [0.1, 0.15) is 45.1 Å². The Labute approximate surface area is 121 Å². The molecule has 1 aromatic carbocycles. The third-order valence-electron chi connectivity index (χ3n) is 4.83. The number of rotatable bonds is 3. The van der Waals surface area contributed by atoms with Crippen molar-refractivity contribution in [2.24, 2.45) is 0 Å². The van der Waals surface area contributed by atoms with Gasteiger partial charge in [0.1, 0.15) is 0 Å². The third kappa shape index (κ3) is 2.73. The van der Waals surface area contributed by atoms with Gasteiger partial charge < -0.3 is 5.32 Å². The van der Waals surface area contributed by atoms with Crippen LogP contribution < -0.4 is 5.32 Å². The van der Waals surface area contributed by atoms with Crippen molar-refractivity contribution in [1.29, 1.82) is 0 Å². The van der Waals surface area contributed by atoms with Gasteiger partial charge in [-0.1, -0.05) is 30.3 Å². The summed E-state index contributed by atoms with van der Waals surface area (Å²) in [6, 6.07) is 12.0. The number of nitrogens with one attached hydrogen (secondary N) is 1. The molecule has 3 nitrogen and oxygen atoms in total. The summed E-state index contributed by atoms with van der Waals surface area (Å²) in [5.74, 6) is 0.100. The molecule has 108 valence electrons. The number of hydrogen-bond acceptors (Lipinski definition) is 2. The highest BCUT2D eigenvalue weighted by atomic mass is 16.1. The van der Waals surface area contributed by atoms with Crippen LogP contribution in [0.4, 0.5) is 0 Å². The first kappa shape index (κ1) is 13.6. The first-order valence-electron chi connectivity index (χ1n) is 7.64. The van der Waals surface area contributed by atoms with E-state index in [0.29, 0.717) is 12.1 Å². The summed E-state index contributed by atoms with van der Waals surface area (Å²) in [6.45, 7) is 4.88. The highest BCUT2D eigenvalue weighted by Gasteiger charge is 2.46. The molecule has 3 rings (SSSR count). The molecule has 2 bridgehead atoms. The van der Waals surface area contributed by atoms with Crippen LogP contribution in [0, 0.1) is 0 Å². The Hall–Kier alpha value is -1.35. The topological polar surface area (TPSA) is 32.3 Å². The molecule has 0 aromatic heterocycles. The fourth-order valence-electron chi connectivity index (χ4n) is 4.16. The lowest BCUT2D eigenvalue weighted by molar-refractivity contribution is -0.121. The molecule has 1 N–H and O–H groups in total. The summed E-state index contributed by atoms with van der Waals surface area (Å²) < 4.78 is 0. The van der Waals surface area contributed by atoms with Crippen molar-refractivity contribution in [3.63, 3.8) is 0 Å². The van der Waals surface area contributed by atoms with E-state index in [2.05, 4.69) is 47.5 Å². The van der Waals surface area contributed by atoms with Gasteiger partial charge in [0.15, 0.2) is 0 Å². The number of carbonyl (C=O) groups is 1. The van der Waals surface area contributed by atoms with E-state index in [4.69, 9.17) is 0 Å². The Balaban J connectivity index is 1.70. The molecule has 0 saturated carbocycles. The lowest BCUT2D eigenvalue weighted by Crippen LogP contribution is -2.56. The van der Waals surface area contributed by atoms with Crippen molar-refractivity contribution in [1.82, 2.24) is 10.2 Å². The lowest BCUT2D eigenvalue weighted by atomic mass is 9.84. The highest BCUT2D eigenvalue weighted by Crippen LogP contribution is 2.41. The largest absolute Gasteiger partial charge is 0.351 e. The zero-order valence-corrected chi connectivity index (χ0v) is 12.4. The molecule has 2 fully saturated rings. The van der Waals surface area contributed by atoms with Gasteiger partial charge in [0.2, 0.25) is 5.91 Å². The van der Waals surface area contributed by atoms with Crippen LogP contribution in [0.15, 0.2) is 30.3 Å². The summed E-state index contributed by atoms with van der Waals surface area (Å²) >= 11 is 0. The fourth-order valence-corrected chi connectivity index (χ4v) is 4.16. The van der Waals surface area contributed by atoms with Gasteiger partial charge >= 0.3 is 0 Å². The maximum Gasteiger partial charge on any atom is 0.217 e. The minimum absolute atomic E-state index is 0.00907. The molecule has 0 spiro atoms. The Morgan fingerprint density at radius 2 is 1.85 bits per heavy atom. The number of hydrogen-bond donors (Lipinski definition) is 1. The molecular weight excluding hydrogens is 248 g/mol. The van der Waals surface area contributed by atoms with Gasteiger partial charge in [-0.15, -0.1) is 0 Å². The van der Waals surface area contributed by atoms with Crippen molar-refractivity contribution in [3.8, 4) is 0 Å². The second kappa shape index (κ2) is 5.21. The standard InChI is InChI=1S/C17H24N2O/c1-13(20)18-17(2)10-15-8-9-16(11-17)19(15)12-14-6-4-3-5-7-14/h3-7,15-16H,8-12H2,1-2H3,(H,18,20)/t15-,16?,17?/m1/s1. The van der Waals surface area contributed by atoms with Crippen molar-refractivity contribution in [2.45, 2.75) is 63.7 Å². The van der Waals surface area contributed by atoms with Crippen LogP contribution in [0.3, 0.4) is 0 Å². The molecule has 2 heterocycles. The molecule has 2 aliphatic heterocycles. The van der Waals surface area contributed by atoms with Gasteiger partial charge in [-0.25, -0.2) is 0 Å².